The number of fused-ring (bicyclic) bond motifs is 2. The van der Waals surface area contributed by atoms with E-state index in [0.29, 0.717) is 0 Å². The van der Waals surface area contributed by atoms with Crippen LogP contribution in [0, 0.1) is 6.92 Å². The Kier molecular flexibility index (Phi) is 3.06. The molecule has 0 bridgehead atoms. The molecule has 1 N–H and O–H groups in total. The summed E-state index contributed by atoms with van der Waals surface area (Å²) in [5, 5.41) is 1.16. The Labute approximate surface area is 143 Å². The number of nitrogens with one attached hydrogen (secondary N) is 1. The third kappa shape index (κ3) is 2.10. The highest BCUT2D eigenvalue weighted by molar-refractivity contribution is 7.18. The Morgan fingerprint density at radius 3 is 3.08 bits per heavy atom. The monoisotopic (exact) mass is 335 g/mol. The van der Waals surface area contributed by atoms with E-state index in [0.717, 1.165) is 52.3 Å². The Morgan fingerprint density at radius 1 is 1.25 bits per heavy atom. The molecule has 24 heavy (non-hydrogen) atoms. The second-order valence-electron chi connectivity index (χ2n) is 6.26. The lowest BCUT2D eigenvalue weighted by molar-refractivity contribution is 0.674. The van der Waals surface area contributed by atoms with Gasteiger partial charge in [0.15, 0.2) is 0 Å². The Morgan fingerprint density at radius 2 is 2.17 bits per heavy atom. The van der Waals surface area contributed by atoms with Crippen LogP contribution in [-0.2, 0) is 0 Å². The molecule has 0 amide bonds. The quantitative estimate of drug-likeness (QED) is 0.596. The molecule has 0 spiro atoms. The molecule has 1 aliphatic rings. The first-order valence-corrected chi connectivity index (χ1v) is 9.04. The van der Waals surface area contributed by atoms with Crippen molar-refractivity contribution in [1.29, 1.82) is 0 Å². The maximum atomic E-state index is 4.82. The summed E-state index contributed by atoms with van der Waals surface area (Å²) in [6, 6.07) is 10.6. The number of hydrogen-bond donors (Lipinski definition) is 1. The van der Waals surface area contributed by atoms with E-state index < -0.39 is 0 Å². The summed E-state index contributed by atoms with van der Waals surface area (Å²) in [5.41, 5.74) is 2.12. The number of para-hydroxylation sites is 2. The lowest BCUT2D eigenvalue weighted by Gasteiger charge is -2.24. The first kappa shape index (κ1) is 13.9. The lowest BCUT2D eigenvalue weighted by Crippen LogP contribution is -2.24. The molecule has 1 aliphatic heterocycles. The van der Waals surface area contributed by atoms with Gasteiger partial charge in [0, 0.05) is 11.4 Å². The topological polar surface area (TPSA) is 57.7 Å². The van der Waals surface area contributed by atoms with Gasteiger partial charge in [0.25, 0.3) is 0 Å². The minimum absolute atomic E-state index is 0.246. The smallest absolute Gasteiger partial charge is 0.141 e. The first-order valence-electron chi connectivity index (χ1n) is 8.22. The van der Waals surface area contributed by atoms with Crippen molar-refractivity contribution < 1.29 is 0 Å². The maximum Gasteiger partial charge on any atom is 0.141 e. The molecule has 1 saturated heterocycles. The van der Waals surface area contributed by atoms with Crippen LogP contribution >= 0.6 is 11.3 Å². The van der Waals surface area contributed by atoms with Crippen LogP contribution in [0.4, 0.5) is 5.82 Å². The molecular weight excluding hydrogens is 318 g/mol. The van der Waals surface area contributed by atoms with Gasteiger partial charge in [-0.1, -0.05) is 12.1 Å². The average molecular weight is 335 g/mol. The number of benzene rings is 1. The minimum atomic E-state index is 0.246. The molecule has 1 aromatic carbocycles. The zero-order valence-corrected chi connectivity index (χ0v) is 14.2. The van der Waals surface area contributed by atoms with E-state index >= 15 is 0 Å². The molecular formula is C18H17N5S. The molecule has 1 fully saturated rings. The zero-order chi connectivity index (χ0) is 16.1. The van der Waals surface area contributed by atoms with Gasteiger partial charge in [-0.25, -0.2) is 15.0 Å². The third-order valence-corrected chi connectivity index (χ3v) is 5.64. The average Bonchev–Trinajstić information content (AvgIpc) is 3.30. The van der Waals surface area contributed by atoms with E-state index in [4.69, 9.17) is 4.98 Å². The number of nitrogens with zero attached hydrogens (tertiary/aromatic N) is 4. The van der Waals surface area contributed by atoms with Crippen LogP contribution in [0.3, 0.4) is 0 Å². The van der Waals surface area contributed by atoms with Crippen LogP contribution in [0.15, 0.2) is 36.7 Å². The molecule has 6 heteroatoms. The van der Waals surface area contributed by atoms with Crippen molar-refractivity contribution in [3.8, 4) is 0 Å². The summed E-state index contributed by atoms with van der Waals surface area (Å²) in [7, 11) is 0. The highest BCUT2D eigenvalue weighted by atomic mass is 32.1. The molecule has 3 aromatic heterocycles. The molecule has 0 aliphatic carbocycles. The van der Waals surface area contributed by atoms with Crippen molar-refractivity contribution in [2.75, 3.05) is 11.4 Å². The number of aromatic amines is 1. The fraction of sp³-hybridized carbons (Fsp3) is 0.278. The number of rotatable bonds is 2. The van der Waals surface area contributed by atoms with Gasteiger partial charge in [-0.15, -0.1) is 11.3 Å². The summed E-state index contributed by atoms with van der Waals surface area (Å²) in [6.45, 7) is 3.12. The second-order valence-corrected chi connectivity index (χ2v) is 7.50. The highest BCUT2D eigenvalue weighted by Gasteiger charge is 2.31. The fourth-order valence-corrected chi connectivity index (χ4v) is 4.47. The van der Waals surface area contributed by atoms with Gasteiger partial charge in [-0.3, -0.25) is 0 Å². The van der Waals surface area contributed by atoms with Crippen LogP contribution in [-0.4, -0.2) is 26.5 Å². The predicted octanol–water partition coefficient (Wildman–Crippen LogP) is 4.22. The van der Waals surface area contributed by atoms with Crippen molar-refractivity contribution in [2.24, 2.45) is 0 Å². The Hall–Kier alpha value is -2.47. The molecule has 0 saturated carbocycles. The largest absolute Gasteiger partial charge is 0.346 e. The molecule has 1 atom stereocenters. The molecule has 5 nitrogen and oxygen atoms in total. The number of thiophene rings is 1. The Balaban J connectivity index is 1.61. The molecule has 0 radical (unpaired) electrons. The number of aromatic nitrogens is 4. The summed E-state index contributed by atoms with van der Waals surface area (Å²) in [6.07, 6.45) is 3.92. The fourth-order valence-electron chi connectivity index (χ4n) is 3.63. The van der Waals surface area contributed by atoms with E-state index in [2.05, 4.69) is 45.0 Å². The van der Waals surface area contributed by atoms with Gasteiger partial charge in [0.2, 0.25) is 0 Å². The van der Waals surface area contributed by atoms with Gasteiger partial charge < -0.3 is 9.88 Å². The SMILES string of the molecule is Cc1cc2c(N3CCCC3c3nc4ccccc4[nH]3)ncnc2s1. The molecule has 5 rings (SSSR count). The van der Waals surface area contributed by atoms with Crippen LogP contribution in [0.1, 0.15) is 29.6 Å². The standard InChI is InChI=1S/C18H17N5S/c1-11-9-12-17(19-10-20-18(12)24-11)23-8-4-7-15(23)16-21-13-5-2-3-6-14(13)22-16/h2-3,5-6,9-10,15H,4,7-8H2,1H3,(H,21,22). The highest BCUT2D eigenvalue weighted by Crippen LogP contribution is 2.38. The minimum Gasteiger partial charge on any atom is -0.346 e. The van der Waals surface area contributed by atoms with Crippen molar-refractivity contribution in [1.82, 2.24) is 19.9 Å². The van der Waals surface area contributed by atoms with Gasteiger partial charge in [-0.05, 0) is 38.0 Å². The van der Waals surface area contributed by atoms with Crippen LogP contribution in [0.5, 0.6) is 0 Å². The molecule has 4 heterocycles. The number of H-pyrrole nitrogens is 1. The van der Waals surface area contributed by atoms with Crippen LogP contribution < -0.4 is 4.90 Å². The van der Waals surface area contributed by atoms with E-state index in [1.807, 2.05) is 12.1 Å². The van der Waals surface area contributed by atoms with Gasteiger partial charge in [0.1, 0.15) is 22.8 Å². The zero-order valence-electron chi connectivity index (χ0n) is 13.4. The lowest BCUT2D eigenvalue weighted by atomic mass is 10.2. The number of imidazole rings is 1. The number of anilines is 1. The van der Waals surface area contributed by atoms with Crippen molar-refractivity contribution in [2.45, 2.75) is 25.8 Å². The van der Waals surface area contributed by atoms with E-state index in [1.54, 1.807) is 17.7 Å². The maximum absolute atomic E-state index is 4.82. The second kappa shape index (κ2) is 5.27. The van der Waals surface area contributed by atoms with Gasteiger partial charge >= 0.3 is 0 Å². The molecule has 4 aromatic rings. The normalized spacial score (nSPS) is 18.0. The third-order valence-electron chi connectivity index (χ3n) is 4.68. The first-order chi connectivity index (χ1) is 11.8. The van der Waals surface area contributed by atoms with Crippen molar-refractivity contribution in [3.05, 3.63) is 47.4 Å². The summed E-state index contributed by atoms with van der Waals surface area (Å²) in [5.74, 6) is 2.07. The van der Waals surface area contributed by atoms with Crippen LogP contribution in [0.25, 0.3) is 21.3 Å². The number of aryl methyl sites for hydroxylation is 1. The summed E-state index contributed by atoms with van der Waals surface area (Å²) in [4.78, 5) is 22.1. The predicted molar refractivity (Wildman–Crippen MR) is 97.6 cm³/mol. The number of hydrogen-bond acceptors (Lipinski definition) is 5. The van der Waals surface area contributed by atoms with Gasteiger partial charge in [-0.2, -0.15) is 0 Å². The van der Waals surface area contributed by atoms with Crippen molar-refractivity contribution in [3.63, 3.8) is 0 Å². The Bertz CT molecular complexity index is 1000. The summed E-state index contributed by atoms with van der Waals surface area (Å²) < 4.78 is 0. The molecule has 120 valence electrons. The van der Waals surface area contributed by atoms with E-state index in [1.165, 1.54) is 4.88 Å². The van der Waals surface area contributed by atoms with E-state index in [9.17, 15) is 0 Å². The van der Waals surface area contributed by atoms with Crippen molar-refractivity contribution >= 4 is 38.4 Å². The summed E-state index contributed by atoms with van der Waals surface area (Å²) >= 11 is 1.72. The van der Waals surface area contributed by atoms with Gasteiger partial charge in [0.05, 0.1) is 22.5 Å². The molecule has 1 unspecified atom stereocenters. The van der Waals surface area contributed by atoms with Crippen LogP contribution in [0.2, 0.25) is 0 Å². The van der Waals surface area contributed by atoms with E-state index in [-0.39, 0.29) is 6.04 Å².